The second-order valence-corrected chi connectivity index (χ2v) is 5.40. The van der Waals surface area contributed by atoms with Crippen LogP contribution < -0.4 is 5.32 Å². The summed E-state index contributed by atoms with van der Waals surface area (Å²) in [5.41, 5.74) is 0.325. The molecule has 1 aromatic carbocycles. The second kappa shape index (κ2) is 8.27. The molecule has 0 aliphatic heterocycles. The molecule has 1 heterocycles. The van der Waals surface area contributed by atoms with E-state index in [0.717, 1.165) is 6.21 Å². The molecule has 2 rings (SSSR count). The molecule has 2 aromatic rings. The molecule has 1 aromatic heterocycles. The third kappa shape index (κ3) is 6.25. The lowest BCUT2D eigenvalue weighted by molar-refractivity contribution is -0.173. The van der Waals surface area contributed by atoms with Crippen LogP contribution in [-0.4, -0.2) is 41.1 Å². The minimum Gasteiger partial charge on any atom is -0.386 e. The van der Waals surface area contributed by atoms with Crippen molar-refractivity contribution in [1.29, 1.82) is 0 Å². The summed E-state index contributed by atoms with van der Waals surface area (Å²) in [5.74, 6) is -2.39. The first-order valence-electron chi connectivity index (χ1n) is 7.50. The molecule has 1 N–H and O–H groups in total. The SMILES string of the molecule is CC(/C=N/OCC(F)(F)F)NC(=O)c1ccc(-c2noc(C(F)(F)F)n2)cc1. The number of nitrogens with one attached hydrogen (secondary N) is 1. The summed E-state index contributed by atoms with van der Waals surface area (Å²) in [6.07, 6.45) is -8.33. The van der Waals surface area contributed by atoms with Crippen molar-refractivity contribution in [3.05, 3.63) is 35.7 Å². The van der Waals surface area contributed by atoms with Crippen LogP contribution in [0.5, 0.6) is 0 Å². The number of hydrogen-bond acceptors (Lipinski definition) is 6. The van der Waals surface area contributed by atoms with E-state index in [1.807, 2.05) is 0 Å². The maximum Gasteiger partial charge on any atom is 0.471 e. The van der Waals surface area contributed by atoms with E-state index in [0.29, 0.717) is 0 Å². The Hall–Kier alpha value is -3.12. The van der Waals surface area contributed by atoms with Gasteiger partial charge in [0.1, 0.15) is 0 Å². The van der Waals surface area contributed by atoms with E-state index in [1.165, 1.54) is 31.2 Å². The van der Waals surface area contributed by atoms with Crippen LogP contribution in [0.4, 0.5) is 26.3 Å². The van der Waals surface area contributed by atoms with Gasteiger partial charge >= 0.3 is 18.2 Å². The van der Waals surface area contributed by atoms with Crippen molar-refractivity contribution in [2.24, 2.45) is 5.16 Å². The quantitative estimate of drug-likeness (QED) is 0.448. The number of amides is 1. The number of benzene rings is 1. The largest absolute Gasteiger partial charge is 0.471 e. The first kappa shape index (κ1) is 21.2. The Morgan fingerprint density at radius 1 is 1.25 bits per heavy atom. The summed E-state index contributed by atoms with van der Waals surface area (Å²) in [6, 6.07) is 4.49. The van der Waals surface area contributed by atoms with Gasteiger partial charge in [-0.15, -0.1) is 0 Å². The summed E-state index contributed by atoms with van der Waals surface area (Å²) in [7, 11) is 0. The average Bonchev–Trinajstić information content (AvgIpc) is 3.08. The van der Waals surface area contributed by atoms with Gasteiger partial charge in [0.15, 0.2) is 0 Å². The van der Waals surface area contributed by atoms with Crippen LogP contribution in [0.15, 0.2) is 33.9 Å². The topological polar surface area (TPSA) is 89.6 Å². The van der Waals surface area contributed by atoms with Gasteiger partial charge in [0.25, 0.3) is 5.91 Å². The lowest BCUT2D eigenvalue weighted by atomic mass is 10.1. The van der Waals surface area contributed by atoms with Crippen molar-refractivity contribution in [2.45, 2.75) is 25.3 Å². The Morgan fingerprint density at radius 2 is 1.89 bits per heavy atom. The molecular formula is C15H12F6N4O3. The summed E-state index contributed by atoms with van der Waals surface area (Å²) >= 11 is 0. The molecule has 1 amide bonds. The summed E-state index contributed by atoms with van der Waals surface area (Å²) in [4.78, 5) is 19.3. The van der Waals surface area contributed by atoms with Crippen LogP contribution in [0.3, 0.4) is 0 Å². The molecule has 13 heteroatoms. The fourth-order valence-corrected chi connectivity index (χ4v) is 1.80. The zero-order chi connectivity index (χ0) is 20.9. The predicted octanol–water partition coefficient (Wildman–Crippen LogP) is 3.44. The lowest BCUT2D eigenvalue weighted by Gasteiger charge is -2.09. The number of halogens is 6. The predicted molar refractivity (Wildman–Crippen MR) is 82.2 cm³/mol. The van der Waals surface area contributed by atoms with Crippen molar-refractivity contribution < 1.29 is 40.5 Å². The molecule has 152 valence electrons. The molecule has 1 atom stereocenters. The standard InChI is InChI=1S/C15H12F6N4O3/c1-8(6-22-27-7-14(16,17)18)23-12(26)10-4-2-9(3-5-10)11-24-13(28-25-11)15(19,20)21/h2-6,8H,7H2,1H3,(H,23,26)/b22-6+. The average molecular weight is 410 g/mol. The van der Waals surface area contributed by atoms with Gasteiger partial charge in [-0.05, 0) is 19.1 Å². The normalized spacial score (nSPS) is 13.5. The van der Waals surface area contributed by atoms with Gasteiger partial charge in [-0.25, -0.2) is 0 Å². The molecule has 7 nitrogen and oxygen atoms in total. The van der Waals surface area contributed by atoms with Crippen LogP contribution in [0, 0.1) is 0 Å². The molecule has 0 fully saturated rings. The number of carbonyl (C=O) groups excluding carboxylic acids is 1. The number of alkyl halides is 6. The number of oxime groups is 1. The monoisotopic (exact) mass is 410 g/mol. The third-order valence-corrected chi connectivity index (χ3v) is 3.02. The Labute approximate surface area is 153 Å². The highest BCUT2D eigenvalue weighted by Crippen LogP contribution is 2.29. The number of carbonyl (C=O) groups is 1. The first-order chi connectivity index (χ1) is 13.0. The van der Waals surface area contributed by atoms with E-state index < -0.39 is 36.8 Å². The number of nitrogens with zero attached hydrogens (tertiary/aromatic N) is 3. The van der Waals surface area contributed by atoms with Gasteiger partial charge in [-0.1, -0.05) is 22.4 Å². The maximum absolute atomic E-state index is 12.5. The molecular weight excluding hydrogens is 398 g/mol. The van der Waals surface area contributed by atoms with E-state index in [2.05, 4.69) is 30.0 Å². The lowest BCUT2D eigenvalue weighted by Crippen LogP contribution is -2.33. The van der Waals surface area contributed by atoms with Gasteiger partial charge in [-0.3, -0.25) is 4.79 Å². The van der Waals surface area contributed by atoms with Crippen LogP contribution in [-0.2, 0) is 11.0 Å². The molecule has 28 heavy (non-hydrogen) atoms. The van der Waals surface area contributed by atoms with Crippen molar-refractivity contribution in [2.75, 3.05) is 6.61 Å². The van der Waals surface area contributed by atoms with Gasteiger partial charge in [-0.2, -0.15) is 31.3 Å². The highest BCUT2D eigenvalue weighted by Gasteiger charge is 2.38. The van der Waals surface area contributed by atoms with E-state index in [9.17, 15) is 31.1 Å². The van der Waals surface area contributed by atoms with Crippen LogP contribution in [0.2, 0.25) is 0 Å². The highest BCUT2D eigenvalue weighted by molar-refractivity contribution is 5.96. The minimum atomic E-state index is -4.77. The van der Waals surface area contributed by atoms with Crippen LogP contribution >= 0.6 is 0 Å². The molecule has 0 spiro atoms. The van der Waals surface area contributed by atoms with E-state index in [4.69, 9.17) is 0 Å². The smallest absolute Gasteiger partial charge is 0.386 e. The molecule has 0 aliphatic carbocycles. The van der Waals surface area contributed by atoms with Crippen molar-refractivity contribution in [3.63, 3.8) is 0 Å². The fraction of sp³-hybridized carbons (Fsp3) is 0.333. The number of aromatic nitrogens is 2. The zero-order valence-corrected chi connectivity index (χ0v) is 14.0. The molecule has 1 unspecified atom stereocenters. The van der Waals surface area contributed by atoms with Crippen molar-refractivity contribution >= 4 is 12.1 Å². The molecule has 0 aliphatic rings. The summed E-state index contributed by atoms with van der Waals surface area (Å²) in [6.45, 7) is -0.109. The number of rotatable bonds is 6. The van der Waals surface area contributed by atoms with Crippen molar-refractivity contribution in [1.82, 2.24) is 15.5 Å². The van der Waals surface area contributed by atoms with Gasteiger partial charge in [0.05, 0.1) is 12.3 Å². The molecule has 0 saturated carbocycles. The Kier molecular flexibility index (Phi) is 6.26. The Morgan fingerprint density at radius 3 is 2.43 bits per heavy atom. The van der Waals surface area contributed by atoms with E-state index >= 15 is 0 Å². The summed E-state index contributed by atoms with van der Waals surface area (Å²) in [5, 5.41) is 8.75. The van der Waals surface area contributed by atoms with Gasteiger partial charge < -0.3 is 14.7 Å². The van der Waals surface area contributed by atoms with Crippen molar-refractivity contribution in [3.8, 4) is 11.4 Å². The molecule has 0 bridgehead atoms. The van der Waals surface area contributed by atoms with E-state index in [-0.39, 0.29) is 17.0 Å². The van der Waals surface area contributed by atoms with E-state index in [1.54, 1.807) is 0 Å². The third-order valence-electron chi connectivity index (χ3n) is 3.02. The van der Waals surface area contributed by atoms with Gasteiger partial charge in [0.2, 0.25) is 12.4 Å². The van der Waals surface area contributed by atoms with Crippen LogP contribution in [0.25, 0.3) is 11.4 Å². The maximum atomic E-state index is 12.5. The zero-order valence-electron chi connectivity index (χ0n) is 14.0. The first-order valence-corrected chi connectivity index (χ1v) is 7.50. The van der Waals surface area contributed by atoms with Gasteiger partial charge in [0, 0.05) is 11.1 Å². The fourth-order valence-electron chi connectivity index (χ4n) is 1.80. The molecule has 0 radical (unpaired) electrons. The van der Waals surface area contributed by atoms with Crippen LogP contribution in [0.1, 0.15) is 23.2 Å². The highest BCUT2D eigenvalue weighted by atomic mass is 19.4. The second-order valence-electron chi connectivity index (χ2n) is 5.40. The Bertz CT molecular complexity index is 830. The Balaban J connectivity index is 1.94. The summed E-state index contributed by atoms with van der Waals surface area (Å²) < 4.78 is 77.1. The number of hydrogen-bond donors (Lipinski definition) is 1. The minimum absolute atomic E-state index is 0.139. The molecule has 0 saturated heterocycles.